The van der Waals surface area contributed by atoms with Gasteiger partial charge in [-0.3, -0.25) is 4.79 Å². The summed E-state index contributed by atoms with van der Waals surface area (Å²) in [4.78, 5) is 14.2. The minimum absolute atomic E-state index is 0.140. The normalized spacial score (nSPS) is 21.9. The summed E-state index contributed by atoms with van der Waals surface area (Å²) < 4.78 is 32.9. The van der Waals surface area contributed by atoms with Crippen molar-refractivity contribution in [2.24, 2.45) is 0 Å². The monoisotopic (exact) mass is 369 g/mol. The van der Waals surface area contributed by atoms with Gasteiger partial charge in [0, 0.05) is 38.8 Å². The number of sulfonamides is 1. The van der Waals surface area contributed by atoms with E-state index in [2.05, 4.69) is 5.32 Å². The summed E-state index contributed by atoms with van der Waals surface area (Å²) in [6.07, 6.45) is -0.313. The third-order valence-electron chi connectivity index (χ3n) is 4.15. The molecule has 1 heterocycles. The Morgan fingerprint density at radius 2 is 1.96 bits per heavy atom. The van der Waals surface area contributed by atoms with E-state index in [-0.39, 0.29) is 23.0 Å². The van der Waals surface area contributed by atoms with E-state index in [1.165, 1.54) is 16.4 Å². The van der Waals surface area contributed by atoms with Gasteiger partial charge in [-0.05, 0) is 39.1 Å². The van der Waals surface area contributed by atoms with E-state index in [0.717, 1.165) is 0 Å². The van der Waals surface area contributed by atoms with Crippen LogP contribution in [0.1, 0.15) is 24.2 Å². The lowest BCUT2D eigenvalue weighted by atomic mass is 10.2. The fourth-order valence-electron chi connectivity index (χ4n) is 2.87. The van der Waals surface area contributed by atoms with E-state index in [4.69, 9.17) is 4.74 Å². The lowest BCUT2D eigenvalue weighted by Gasteiger charge is -2.34. The summed E-state index contributed by atoms with van der Waals surface area (Å²) in [6, 6.07) is 6.24. The zero-order valence-corrected chi connectivity index (χ0v) is 16.0. The summed E-state index contributed by atoms with van der Waals surface area (Å²) in [5.74, 6) is -0.198. The van der Waals surface area contributed by atoms with E-state index in [0.29, 0.717) is 31.7 Å². The maximum Gasteiger partial charge on any atom is 0.253 e. The number of amides is 1. The van der Waals surface area contributed by atoms with Crippen LogP contribution in [0.3, 0.4) is 0 Å². The maximum atomic E-state index is 12.9. The molecule has 0 bridgehead atoms. The minimum atomic E-state index is -3.66. The second-order valence-corrected chi connectivity index (χ2v) is 8.38. The highest BCUT2D eigenvalue weighted by atomic mass is 32.2. The number of hydrogen-bond donors (Lipinski definition) is 1. The highest BCUT2D eigenvalue weighted by Gasteiger charge is 2.32. The molecule has 0 spiro atoms. The average molecular weight is 369 g/mol. The number of likely N-dealkylation sites (N-methyl/N-ethyl adjacent to an activating group) is 2. The van der Waals surface area contributed by atoms with Crippen LogP contribution in [0.2, 0.25) is 0 Å². The van der Waals surface area contributed by atoms with Gasteiger partial charge in [-0.1, -0.05) is 6.07 Å². The highest BCUT2D eigenvalue weighted by molar-refractivity contribution is 7.89. The summed E-state index contributed by atoms with van der Waals surface area (Å²) in [6.45, 7) is 5.55. The third-order valence-corrected chi connectivity index (χ3v) is 5.98. The predicted molar refractivity (Wildman–Crippen MR) is 96.1 cm³/mol. The van der Waals surface area contributed by atoms with E-state index in [1.807, 2.05) is 20.9 Å². The van der Waals surface area contributed by atoms with Crippen molar-refractivity contribution in [3.05, 3.63) is 29.8 Å². The van der Waals surface area contributed by atoms with Crippen molar-refractivity contribution in [1.29, 1.82) is 0 Å². The first-order valence-corrected chi connectivity index (χ1v) is 9.85. The van der Waals surface area contributed by atoms with E-state index < -0.39 is 10.0 Å². The lowest BCUT2D eigenvalue weighted by molar-refractivity contribution is -0.0440. The molecule has 0 saturated carbocycles. The molecule has 1 N–H and O–H groups in total. The number of rotatable bonds is 6. The Morgan fingerprint density at radius 3 is 2.56 bits per heavy atom. The molecule has 2 atom stereocenters. The van der Waals surface area contributed by atoms with Gasteiger partial charge < -0.3 is 15.0 Å². The van der Waals surface area contributed by atoms with Gasteiger partial charge in [-0.2, -0.15) is 4.31 Å². The molecule has 2 unspecified atom stereocenters. The second-order valence-electron chi connectivity index (χ2n) is 6.44. The largest absolute Gasteiger partial charge is 0.373 e. The van der Waals surface area contributed by atoms with Crippen LogP contribution in [0, 0.1) is 0 Å². The van der Waals surface area contributed by atoms with Gasteiger partial charge in [0.25, 0.3) is 5.91 Å². The Balaban J connectivity index is 2.23. The molecule has 1 amide bonds. The SMILES string of the molecule is CNCCN(C)C(=O)c1cccc(S(=O)(=O)N2CC(C)OC(C)C2)c1. The number of hydrogen-bond acceptors (Lipinski definition) is 5. The predicted octanol–water partition coefficient (Wildman–Crippen LogP) is 0.776. The quantitative estimate of drug-likeness (QED) is 0.802. The van der Waals surface area contributed by atoms with Crippen LogP contribution in [-0.2, 0) is 14.8 Å². The molecule has 25 heavy (non-hydrogen) atoms. The smallest absolute Gasteiger partial charge is 0.253 e. The molecule has 1 saturated heterocycles. The van der Waals surface area contributed by atoms with Gasteiger partial charge in [0.05, 0.1) is 17.1 Å². The Kier molecular flexibility index (Phi) is 6.56. The minimum Gasteiger partial charge on any atom is -0.373 e. The third kappa shape index (κ3) is 4.78. The first-order valence-electron chi connectivity index (χ1n) is 8.41. The average Bonchev–Trinajstić information content (AvgIpc) is 2.58. The van der Waals surface area contributed by atoms with Gasteiger partial charge in [-0.25, -0.2) is 8.42 Å². The highest BCUT2D eigenvalue weighted by Crippen LogP contribution is 2.22. The molecule has 8 heteroatoms. The van der Waals surface area contributed by atoms with Crippen LogP contribution in [-0.4, -0.2) is 76.0 Å². The fraction of sp³-hybridized carbons (Fsp3) is 0.588. The fourth-order valence-corrected chi connectivity index (χ4v) is 4.50. The number of benzene rings is 1. The van der Waals surface area contributed by atoms with Crippen molar-refractivity contribution in [3.63, 3.8) is 0 Å². The van der Waals surface area contributed by atoms with Crippen molar-refractivity contribution in [1.82, 2.24) is 14.5 Å². The van der Waals surface area contributed by atoms with Crippen LogP contribution in [0.4, 0.5) is 0 Å². The lowest BCUT2D eigenvalue weighted by Crippen LogP contribution is -2.48. The summed E-state index contributed by atoms with van der Waals surface area (Å²) >= 11 is 0. The summed E-state index contributed by atoms with van der Waals surface area (Å²) in [7, 11) is -0.140. The Hall–Kier alpha value is -1.48. The van der Waals surface area contributed by atoms with Gasteiger partial charge in [0.15, 0.2) is 0 Å². The molecule has 140 valence electrons. The van der Waals surface area contributed by atoms with Crippen LogP contribution in [0.5, 0.6) is 0 Å². The molecule has 1 aromatic carbocycles. The van der Waals surface area contributed by atoms with Crippen molar-refractivity contribution >= 4 is 15.9 Å². The van der Waals surface area contributed by atoms with Crippen molar-refractivity contribution in [3.8, 4) is 0 Å². The van der Waals surface area contributed by atoms with Gasteiger partial charge in [0.1, 0.15) is 0 Å². The van der Waals surface area contributed by atoms with Crippen molar-refractivity contribution < 1.29 is 17.9 Å². The molecule has 1 aromatic rings. The molecule has 0 aliphatic carbocycles. The molecule has 7 nitrogen and oxygen atoms in total. The maximum absolute atomic E-state index is 12.9. The van der Waals surface area contributed by atoms with Crippen LogP contribution >= 0.6 is 0 Å². The van der Waals surface area contributed by atoms with E-state index >= 15 is 0 Å². The molecule has 2 rings (SSSR count). The number of nitrogens with one attached hydrogen (secondary N) is 1. The number of ether oxygens (including phenoxy) is 1. The molecule has 1 aliphatic heterocycles. The van der Waals surface area contributed by atoms with Crippen LogP contribution < -0.4 is 5.32 Å². The molecule has 0 aromatic heterocycles. The summed E-state index contributed by atoms with van der Waals surface area (Å²) in [5, 5.41) is 2.98. The zero-order chi connectivity index (χ0) is 18.6. The van der Waals surface area contributed by atoms with E-state index in [1.54, 1.807) is 24.1 Å². The van der Waals surface area contributed by atoms with Crippen LogP contribution in [0.15, 0.2) is 29.2 Å². The van der Waals surface area contributed by atoms with Crippen molar-refractivity contribution in [2.45, 2.75) is 31.0 Å². The molecule has 1 aliphatic rings. The van der Waals surface area contributed by atoms with Crippen molar-refractivity contribution in [2.75, 3.05) is 40.3 Å². The Morgan fingerprint density at radius 1 is 1.32 bits per heavy atom. The number of morpholine rings is 1. The standard InChI is InChI=1S/C17H27N3O4S/c1-13-11-20(12-14(2)24-13)25(22,23)16-7-5-6-15(10-16)17(21)19(4)9-8-18-3/h5-7,10,13-14,18H,8-9,11-12H2,1-4H3. The second kappa shape index (κ2) is 8.27. The topological polar surface area (TPSA) is 79.0 Å². The molecular formula is C17H27N3O4S. The van der Waals surface area contributed by atoms with Crippen LogP contribution in [0.25, 0.3) is 0 Å². The number of carbonyl (C=O) groups is 1. The molecular weight excluding hydrogens is 342 g/mol. The summed E-state index contributed by atoms with van der Waals surface area (Å²) in [5.41, 5.74) is 0.369. The zero-order valence-electron chi connectivity index (χ0n) is 15.2. The first kappa shape index (κ1) is 19.8. The Labute approximate surface area is 150 Å². The molecule has 0 radical (unpaired) electrons. The van der Waals surface area contributed by atoms with Gasteiger partial charge in [0.2, 0.25) is 10.0 Å². The number of nitrogens with zero attached hydrogens (tertiary/aromatic N) is 2. The number of carbonyl (C=O) groups excluding carboxylic acids is 1. The molecule has 1 fully saturated rings. The van der Waals surface area contributed by atoms with Gasteiger partial charge in [-0.15, -0.1) is 0 Å². The first-order chi connectivity index (χ1) is 11.8. The Bertz CT molecular complexity index is 698. The van der Waals surface area contributed by atoms with E-state index in [9.17, 15) is 13.2 Å². The van der Waals surface area contributed by atoms with Gasteiger partial charge >= 0.3 is 0 Å².